The third-order valence-electron chi connectivity index (χ3n) is 2.61. The molecule has 0 bridgehead atoms. The van der Waals surface area contributed by atoms with Crippen molar-refractivity contribution < 1.29 is 8.42 Å². The Bertz CT molecular complexity index is 730. The first kappa shape index (κ1) is 15.2. The van der Waals surface area contributed by atoms with E-state index in [1.54, 1.807) is 6.92 Å². The smallest absolute Gasteiger partial charge is 0.243 e. The Morgan fingerprint density at radius 3 is 2.55 bits per heavy atom. The zero-order valence-electron chi connectivity index (χ0n) is 10.8. The van der Waals surface area contributed by atoms with Gasteiger partial charge < -0.3 is 0 Å². The van der Waals surface area contributed by atoms with Gasteiger partial charge in [0, 0.05) is 7.05 Å². The van der Waals surface area contributed by atoms with Gasteiger partial charge in [-0.2, -0.15) is 9.40 Å². The summed E-state index contributed by atoms with van der Waals surface area (Å²) in [5.74, 6) is 1.02. The van der Waals surface area contributed by atoms with Crippen molar-refractivity contribution in [2.75, 3.05) is 7.05 Å². The van der Waals surface area contributed by atoms with Crippen LogP contribution in [0.5, 0.6) is 0 Å². The quantitative estimate of drug-likeness (QED) is 0.929. The Labute approximate surface area is 126 Å². The fourth-order valence-electron chi connectivity index (χ4n) is 1.56. The van der Waals surface area contributed by atoms with E-state index < -0.39 is 10.0 Å². The lowest BCUT2D eigenvalue weighted by atomic mass is 10.4. The Hall–Kier alpha value is -1.15. The van der Waals surface area contributed by atoms with Crippen molar-refractivity contribution in [3.8, 4) is 0 Å². The van der Waals surface area contributed by atoms with Gasteiger partial charge in [-0.3, -0.25) is 5.10 Å². The molecule has 1 aromatic carbocycles. The lowest BCUT2D eigenvalue weighted by Gasteiger charge is -2.15. The highest BCUT2D eigenvalue weighted by atomic mass is 35.5. The zero-order chi connectivity index (χ0) is 14.9. The van der Waals surface area contributed by atoms with E-state index >= 15 is 0 Å². The maximum atomic E-state index is 12.4. The van der Waals surface area contributed by atoms with Crippen LogP contribution in [0.15, 0.2) is 23.1 Å². The molecule has 1 N–H and O–H groups in total. The van der Waals surface area contributed by atoms with Crippen molar-refractivity contribution in [2.24, 2.45) is 0 Å². The first-order valence-corrected chi connectivity index (χ1v) is 7.79. The van der Waals surface area contributed by atoms with Crippen LogP contribution in [0.25, 0.3) is 0 Å². The summed E-state index contributed by atoms with van der Waals surface area (Å²) in [4.78, 5) is 4.14. The van der Waals surface area contributed by atoms with Crippen LogP contribution >= 0.6 is 23.2 Å². The molecule has 0 unspecified atom stereocenters. The molecule has 0 fully saturated rings. The Morgan fingerprint density at radius 2 is 2.00 bits per heavy atom. The molecule has 108 valence electrons. The molecule has 0 atom stereocenters. The molecular weight excluding hydrogens is 323 g/mol. The number of nitrogens with zero attached hydrogens (tertiary/aromatic N) is 3. The second-order valence-corrected chi connectivity index (χ2v) is 7.03. The summed E-state index contributed by atoms with van der Waals surface area (Å²) in [6.45, 7) is 1.80. The van der Waals surface area contributed by atoms with E-state index in [9.17, 15) is 8.42 Å². The molecule has 0 aliphatic carbocycles. The number of hydrogen-bond acceptors (Lipinski definition) is 4. The topological polar surface area (TPSA) is 79.0 Å². The SMILES string of the molecule is Cc1nc(CN(C)S(=O)(=O)c2ccc(Cl)c(Cl)c2)n[nH]1. The van der Waals surface area contributed by atoms with Gasteiger partial charge in [0.15, 0.2) is 5.82 Å². The van der Waals surface area contributed by atoms with Crippen molar-refractivity contribution in [1.82, 2.24) is 19.5 Å². The average Bonchev–Trinajstić information content (AvgIpc) is 2.78. The van der Waals surface area contributed by atoms with E-state index in [2.05, 4.69) is 15.2 Å². The molecule has 9 heteroatoms. The van der Waals surface area contributed by atoms with E-state index in [1.807, 2.05) is 0 Å². The summed E-state index contributed by atoms with van der Waals surface area (Å²) in [5.41, 5.74) is 0. The van der Waals surface area contributed by atoms with E-state index in [0.717, 1.165) is 4.31 Å². The van der Waals surface area contributed by atoms with E-state index in [0.29, 0.717) is 16.7 Å². The van der Waals surface area contributed by atoms with Gasteiger partial charge in [0.2, 0.25) is 10.0 Å². The molecule has 0 aliphatic rings. The van der Waals surface area contributed by atoms with Crippen LogP contribution in [-0.4, -0.2) is 35.0 Å². The molecule has 2 rings (SSSR count). The lowest BCUT2D eigenvalue weighted by Crippen LogP contribution is -2.27. The van der Waals surface area contributed by atoms with E-state index in [-0.39, 0.29) is 16.5 Å². The van der Waals surface area contributed by atoms with Gasteiger partial charge in [-0.05, 0) is 25.1 Å². The highest BCUT2D eigenvalue weighted by Gasteiger charge is 2.23. The van der Waals surface area contributed by atoms with Crippen LogP contribution in [0.3, 0.4) is 0 Å². The first-order chi connectivity index (χ1) is 9.30. The van der Waals surface area contributed by atoms with Crippen LogP contribution in [0.4, 0.5) is 0 Å². The number of aromatic nitrogens is 3. The minimum Gasteiger partial charge on any atom is -0.263 e. The molecule has 6 nitrogen and oxygen atoms in total. The van der Waals surface area contributed by atoms with Crippen molar-refractivity contribution >= 4 is 33.2 Å². The van der Waals surface area contributed by atoms with Gasteiger partial charge in [-0.25, -0.2) is 13.4 Å². The summed E-state index contributed by atoms with van der Waals surface area (Å²) in [7, 11) is -2.22. The second kappa shape index (κ2) is 5.69. The Kier molecular flexibility index (Phi) is 4.33. The second-order valence-electron chi connectivity index (χ2n) is 4.17. The molecule has 0 spiro atoms. The summed E-state index contributed by atoms with van der Waals surface area (Å²) in [5, 5.41) is 7.06. The third kappa shape index (κ3) is 3.12. The number of aromatic amines is 1. The molecule has 0 aliphatic heterocycles. The van der Waals surface area contributed by atoms with Crippen LogP contribution in [0.2, 0.25) is 10.0 Å². The summed E-state index contributed by atoms with van der Waals surface area (Å²) in [6, 6.07) is 4.17. The average molecular weight is 335 g/mol. The molecule has 2 aromatic rings. The van der Waals surface area contributed by atoms with Gasteiger partial charge in [-0.15, -0.1) is 0 Å². The van der Waals surface area contributed by atoms with Crippen molar-refractivity contribution in [3.63, 3.8) is 0 Å². The highest BCUT2D eigenvalue weighted by Crippen LogP contribution is 2.26. The fraction of sp³-hybridized carbons (Fsp3) is 0.273. The van der Waals surface area contributed by atoms with Crippen LogP contribution in [-0.2, 0) is 16.6 Å². The van der Waals surface area contributed by atoms with Gasteiger partial charge in [0.05, 0.1) is 21.5 Å². The highest BCUT2D eigenvalue weighted by molar-refractivity contribution is 7.89. The largest absolute Gasteiger partial charge is 0.263 e. The van der Waals surface area contributed by atoms with E-state index in [1.165, 1.54) is 25.2 Å². The number of H-pyrrole nitrogens is 1. The Morgan fingerprint density at radius 1 is 1.30 bits per heavy atom. The number of hydrogen-bond donors (Lipinski definition) is 1. The third-order valence-corrected chi connectivity index (χ3v) is 5.15. The molecule has 1 heterocycles. The monoisotopic (exact) mass is 334 g/mol. The van der Waals surface area contributed by atoms with Crippen LogP contribution in [0, 0.1) is 6.92 Å². The summed E-state index contributed by atoms with van der Waals surface area (Å²) >= 11 is 11.6. The molecule has 0 radical (unpaired) electrons. The normalized spacial score (nSPS) is 12.1. The number of sulfonamides is 1. The lowest BCUT2D eigenvalue weighted by molar-refractivity contribution is 0.457. The van der Waals surface area contributed by atoms with Crippen molar-refractivity contribution in [2.45, 2.75) is 18.4 Å². The molecule has 1 aromatic heterocycles. The maximum absolute atomic E-state index is 12.4. The number of benzene rings is 1. The van der Waals surface area contributed by atoms with Crippen LogP contribution < -0.4 is 0 Å². The fourth-order valence-corrected chi connectivity index (χ4v) is 3.08. The van der Waals surface area contributed by atoms with E-state index in [4.69, 9.17) is 23.2 Å². The predicted octanol–water partition coefficient (Wildman–Crippen LogP) is 2.24. The Balaban J connectivity index is 2.27. The van der Waals surface area contributed by atoms with Gasteiger partial charge >= 0.3 is 0 Å². The van der Waals surface area contributed by atoms with Gasteiger partial charge in [0.25, 0.3) is 0 Å². The number of aryl methyl sites for hydroxylation is 1. The summed E-state index contributed by atoms with van der Waals surface area (Å²) < 4.78 is 25.9. The standard InChI is InChI=1S/C11H12Cl2N4O2S/c1-7-14-11(16-15-7)6-17(2)20(18,19)8-3-4-9(12)10(13)5-8/h3-5H,6H2,1-2H3,(H,14,15,16). The predicted molar refractivity (Wildman–Crippen MR) is 76.2 cm³/mol. The summed E-state index contributed by atoms with van der Waals surface area (Å²) in [6.07, 6.45) is 0. The number of nitrogens with one attached hydrogen (secondary N) is 1. The molecule has 0 saturated heterocycles. The number of halogens is 2. The number of rotatable bonds is 4. The van der Waals surface area contributed by atoms with Gasteiger partial charge in [-0.1, -0.05) is 23.2 Å². The first-order valence-electron chi connectivity index (χ1n) is 5.60. The zero-order valence-corrected chi connectivity index (χ0v) is 13.1. The molecular formula is C11H12Cl2N4O2S. The van der Waals surface area contributed by atoms with Crippen LogP contribution in [0.1, 0.15) is 11.6 Å². The molecule has 20 heavy (non-hydrogen) atoms. The minimum atomic E-state index is -3.67. The minimum absolute atomic E-state index is 0.0624. The molecule has 0 saturated carbocycles. The van der Waals surface area contributed by atoms with Crippen molar-refractivity contribution in [3.05, 3.63) is 39.9 Å². The van der Waals surface area contributed by atoms with Crippen molar-refractivity contribution in [1.29, 1.82) is 0 Å². The molecule has 0 amide bonds. The maximum Gasteiger partial charge on any atom is 0.243 e. The van der Waals surface area contributed by atoms with Gasteiger partial charge in [0.1, 0.15) is 5.82 Å².